The average Bonchev–Trinajstić information content (AvgIpc) is 2.63. The Hall–Kier alpha value is -0.680. The summed E-state index contributed by atoms with van der Waals surface area (Å²) < 4.78 is 0.483. The summed E-state index contributed by atoms with van der Waals surface area (Å²) in [6.45, 7) is 1.55. The van der Waals surface area contributed by atoms with Gasteiger partial charge in [-0.15, -0.1) is 10.2 Å². The molecule has 0 saturated heterocycles. The van der Waals surface area contributed by atoms with Gasteiger partial charge in [0.1, 0.15) is 5.01 Å². The van der Waals surface area contributed by atoms with Crippen molar-refractivity contribution >= 4 is 34.5 Å². The zero-order valence-electron chi connectivity index (χ0n) is 9.23. The highest BCUT2D eigenvalue weighted by molar-refractivity contribution is 7.15. The number of hydrogen-bond acceptors (Lipinski definition) is 4. The third-order valence-electron chi connectivity index (χ3n) is 2.19. The smallest absolute Gasteiger partial charge is 0.207 e. The van der Waals surface area contributed by atoms with Gasteiger partial charge in [-0.05, 0) is 36.3 Å². The Kier molecular flexibility index (Phi) is 4.34. The highest BCUT2D eigenvalue weighted by Gasteiger charge is 2.06. The number of nitrogens with zero attached hydrogens (tertiary/aromatic N) is 3. The van der Waals surface area contributed by atoms with E-state index < -0.39 is 0 Å². The summed E-state index contributed by atoms with van der Waals surface area (Å²) in [6, 6.07) is 7.84. The van der Waals surface area contributed by atoms with Gasteiger partial charge in [0.2, 0.25) is 4.47 Å². The quantitative estimate of drug-likeness (QED) is 0.862. The lowest BCUT2D eigenvalue weighted by atomic mass is 10.2. The van der Waals surface area contributed by atoms with Crippen LogP contribution in [0, 0.1) is 0 Å². The van der Waals surface area contributed by atoms with Crippen LogP contribution in [0.1, 0.15) is 10.6 Å². The summed E-state index contributed by atoms with van der Waals surface area (Å²) in [4.78, 5) is 2.14. The minimum Gasteiger partial charge on any atom is -0.295 e. The maximum atomic E-state index is 5.94. The van der Waals surface area contributed by atoms with Crippen molar-refractivity contribution in [2.75, 3.05) is 7.05 Å². The van der Waals surface area contributed by atoms with Crippen LogP contribution in [-0.4, -0.2) is 22.1 Å². The van der Waals surface area contributed by atoms with Crippen LogP contribution in [0.25, 0.3) is 0 Å². The Morgan fingerprint density at radius 3 is 2.71 bits per heavy atom. The molecule has 90 valence electrons. The maximum absolute atomic E-state index is 5.94. The SMILES string of the molecule is CN(Cc1cccc(Cl)c1)Cc1nnc(Cl)s1. The maximum Gasteiger partial charge on any atom is 0.207 e. The molecule has 6 heteroatoms. The fourth-order valence-electron chi connectivity index (χ4n) is 1.53. The molecule has 3 nitrogen and oxygen atoms in total. The van der Waals surface area contributed by atoms with Crippen molar-refractivity contribution < 1.29 is 0 Å². The molecule has 0 aliphatic rings. The van der Waals surface area contributed by atoms with E-state index in [0.29, 0.717) is 4.47 Å². The summed E-state index contributed by atoms with van der Waals surface area (Å²) >= 11 is 13.1. The summed E-state index contributed by atoms with van der Waals surface area (Å²) in [5.41, 5.74) is 1.18. The first kappa shape index (κ1) is 12.8. The van der Waals surface area contributed by atoms with E-state index in [1.54, 1.807) is 0 Å². The minimum atomic E-state index is 0.483. The Labute approximate surface area is 114 Å². The molecule has 0 saturated carbocycles. The van der Waals surface area contributed by atoms with Crippen LogP contribution >= 0.6 is 34.5 Å². The molecule has 0 bridgehead atoms. The minimum absolute atomic E-state index is 0.483. The Balaban J connectivity index is 1.95. The van der Waals surface area contributed by atoms with E-state index in [0.717, 1.165) is 23.1 Å². The van der Waals surface area contributed by atoms with Crippen molar-refractivity contribution in [1.29, 1.82) is 0 Å². The van der Waals surface area contributed by atoms with Gasteiger partial charge in [0.25, 0.3) is 0 Å². The van der Waals surface area contributed by atoms with Crippen molar-refractivity contribution in [3.05, 3.63) is 44.3 Å². The molecule has 0 unspecified atom stereocenters. The van der Waals surface area contributed by atoms with Gasteiger partial charge in [0, 0.05) is 11.6 Å². The number of hydrogen-bond donors (Lipinski definition) is 0. The fourth-order valence-corrected chi connectivity index (χ4v) is 2.69. The lowest BCUT2D eigenvalue weighted by molar-refractivity contribution is 0.317. The van der Waals surface area contributed by atoms with Gasteiger partial charge in [0.05, 0.1) is 6.54 Å². The van der Waals surface area contributed by atoms with Gasteiger partial charge >= 0.3 is 0 Å². The molecular weight excluding hydrogens is 277 g/mol. The number of benzene rings is 1. The van der Waals surface area contributed by atoms with E-state index in [9.17, 15) is 0 Å². The molecule has 0 amide bonds. The molecule has 1 aromatic carbocycles. The third-order valence-corrected chi connectivity index (χ3v) is 3.43. The Morgan fingerprint density at radius 2 is 2.06 bits per heavy atom. The number of aromatic nitrogens is 2. The molecule has 0 N–H and O–H groups in total. The summed E-state index contributed by atoms with van der Waals surface area (Å²) in [5, 5.41) is 9.44. The fraction of sp³-hybridized carbons (Fsp3) is 0.273. The standard InChI is InChI=1S/C11H11Cl2N3S/c1-16(7-10-14-15-11(13)17-10)6-8-3-2-4-9(12)5-8/h2-5H,6-7H2,1H3. The van der Waals surface area contributed by atoms with E-state index >= 15 is 0 Å². The van der Waals surface area contributed by atoms with Crippen molar-refractivity contribution in [1.82, 2.24) is 15.1 Å². The van der Waals surface area contributed by atoms with Crippen LogP contribution in [0.4, 0.5) is 0 Å². The first-order valence-corrected chi connectivity index (χ1v) is 6.61. The lowest BCUT2D eigenvalue weighted by Crippen LogP contribution is -2.17. The topological polar surface area (TPSA) is 29.0 Å². The van der Waals surface area contributed by atoms with Crippen LogP contribution in [-0.2, 0) is 13.1 Å². The molecular formula is C11H11Cl2N3S. The molecule has 1 heterocycles. The molecule has 2 aromatic rings. The highest BCUT2D eigenvalue weighted by atomic mass is 35.5. The Morgan fingerprint density at radius 1 is 1.24 bits per heavy atom. The molecule has 0 aliphatic carbocycles. The van der Waals surface area contributed by atoms with E-state index in [1.165, 1.54) is 16.9 Å². The first-order chi connectivity index (χ1) is 8.13. The highest BCUT2D eigenvalue weighted by Crippen LogP contribution is 2.17. The average molecular weight is 288 g/mol. The summed E-state index contributed by atoms with van der Waals surface area (Å²) in [6.07, 6.45) is 0. The zero-order valence-corrected chi connectivity index (χ0v) is 11.6. The lowest BCUT2D eigenvalue weighted by Gasteiger charge is -2.14. The molecule has 0 atom stereocenters. The largest absolute Gasteiger partial charge is 0.295 e. The molecule has 0 aliphatic heterocycles. The van der Waals surface area contributed by atoms with Gasteiger partial charge in [-0.2, -0.15) is 0 Å². The monoisotopic (exact) mass is 287 g/mol. The van der Waals surface area contributed by atoms with E-state index in [-0.39, 0.29) is 0 Å². The van der Waals surface area contributed by atoms with Crippen LogP contribution in [0.15, 0.2) is 24.3 Å². The number of halogens is 2. The van der Waals surface area contributed by atoms with E-state index in [1.807, 2.05) is 25.2 Å². The second-order valence-corrected chi connectivity index (χ2v) is 5.83. The van der Waals surface area contributed by atoms with Gasteiger partial charge < -0.3 is 0 Å². The number of rotatable bonds is 4. The van der Waals surface area contributed by atoms with Gasteiger partial charge in [-0.25, -0.2) is 0 Å². The van der Waals surface area contributed by atoms with Crippen molar-refractivity contribution in [2.24, 2.45) is 0 Å². The molecule has 0 spiro atoms. The third kappa shape index (κ3) is 3.92. The Bertz CT molecular complexity index is 501. The van der Waals surface area contributed by atoms with E-state index in [2.05, 4.69) is 21.2 Å². The van der Waals surface area contributed by atoms with Crippen molar-refractivity contribution in [2.45, 2.75) is 13.1 Å². The van der Waals surface area contributed by atoms with E-state index in [4.69, 9.17) is 23.2 Å². The predicted octanol–water partition coefficient (Wildman–Crippen LogP) is 3.48. The second kappa shape index (κ2) is 5.78. The normalized spacial score (nSPS) is 11.1. The zero-order chi connectivity index (χ0) is 12.3. The van der Waals surface area contributed by atoms with Gasteiger partial charge in [-0.3, -0.25) is 4.90 Å². The molecule has 0 radical (unpaired) electrons. The van der Waals surface area contributed by atoms with Crippen LogP contribution in [0.3, 0.4) is 0 Å². The molecule has 2 rings (SSSR count). The van der Waals surface area contributed by atoms with Gasteiger partial charge in [0.15, 0.2) is 0 Å². The molecule has 17 heavy (non-hydrogen) atoms. The van der Waals surface area contributed by atoms with Crippen LogP contribution in [0.5, 0.6) is 0 Å². The summed E-state index contributed by atoms with van der Waals surface area (Å²) in [5.74, 6) is 0. The first-order valence-electron chi connectivity index (χ1n) is 5.04. The summed E-state index contributed by atoms with van der Waals surface area (Å²) in [7, 11) is 2.02. The molecule has 1 aromatic heterocycles. The second-order valence-electron chi connectivity index (χ2n) is 3.75. The predicted molar refractivity (Wildman–Crippen MR) is 71.5 cm³/mol. The van der Waals surface area contributed by atoms with Crippen LogP contribution in [0.2, 0.25) is 9.49 Å². The van der Waals surface area contributed by atoms with Crippen LogP contribution < -0.4 is 0 Å². The molecule has 0 fully saturated rings. The van der Waals surface area contributed by atoms with Gasteiger partial charge in [-0.1, -0.05) is 35.1 Å². The van der Waals surface area contributed by atoms with Crippen molar-refractivity contribution in [3.8, 4) is 0 Å². The van der Waals surface area contributed by atoms with Crippen molar-refractivity contribution in [3.63, 3.8) is 0 Å².